The number of nitrogens with zero attached hydrogens (tertiary/aromatic N) is 3. The first kappa shape index (κ1) is 16.0. The van der Waals surface area contributed by atoms with E-state index in [0.29, 0.717) is 13.1 Å². The first-order chi connectivity index (χ1) is 9.86. The van der Waals surface area contributed by atoms with Crippen LogP contribution in [0.25, 0.3) is 0 Å². The lowest BCUT2D eigenvalue weighted by atomic mass is 9.98. The van der Waals surface area contributed by atoms with Crippen LogP contribution in [-0.4, -0.2) is 53.6 Å². The number of aromatic nitrogens is 2. The van der Waals surface area contributed by atoms with Crippen LogP contribution >= 0.6 is 0 Å². The fourth-order valence-corrected chi connectivity index (χ4v) is 3.49. The fourth-order valence-electron chi connectivity index (χ4n) is 2.57. The summed E-state index contributed by atoms with van der Waals surface area (Å²) in [5.41, 5.74) is 0. The van der Waals surface area contributed by atoms with Crippen LogP contribution in [0.2, 0.25) is 0 Å². The number of imidazole rings is 1. The van der Waals surface area contributed by atoms with E-state index in [4.69, 9.17) is 0 Å². The lowest BCUT2D eigenvalue weighted by Crippen LogP contribution is -2.47. The van der Waals surface area contributed by atoms with Crippen LogP contribution in [0, 0.1) is 5.92 Å². The molecule has 1 aromatic rings. The summed E-state index contributed by atoms with van der Waals surface area (Å²) >= 11 is 0. The molecule has 1 amide bonds. The quantitative estimate of drug-likeness (QED) is 0.833. The first-order valence-corrected chi connectivity index (χ1v) is 8.92. The van der Waals surface area contributed by atoms with E-state index in [1.54, 1.807) is 12.5 Å². The zero-order chi connectivity index (χ0) is 15.5. The van der Waals surface area contributed by atoms with Gasteiger partial charge in [0.1, 0.15) is 0 Å². The van der Waals surface area contributed by atoms with Crippen LogP contribution in [-0.2, 0) is 21.4 Å². The predicted octanol–water partition coefficient (Wildman–Crippen LogP) is 0.0594. The van der Waals surface area contributed by atoms with Crippen LogP contribution in [0.4, 0.5) is 0 Å². The minimum atomic E-state index is -3.22. The van der Waals surface area contributed by atoms with Crippen molar-refractivity contribution in [1.82, 2.24) is 19.2 Å². The minimum absolute atomic E-state index is 0.0275. The van der Waals surface area contributed by atoms with E-state index in [1.807, 2.05) is 17.7 Å². The molecule has 0 spiro atoms. The van der Waals surface area contributed by atoms with Crippen molar-refractivity contribution in [3.63, 3.8) is 0 Å². The van der Waals surface area contributed by atoms with Crippen molar-refractivity contribution in [2.24, 2.45) is 5.92 Å². The van der Waals surface area contributed by atoms with Gasteiger partial charge in [0.2, 0.25) is 15.9 Å². The van der Waals surface area contributed by atoms with E-state index in [1.165, 1.54) is 10.6 Å². The van der Waals surface area contributed by atoms with Gasteiger partial charge >= 0.3 is 0 Å². The second kappa shape index (κ2) is 6.57. The average molecular weight is 314 g/mol. The molecule has 0 radical (unpaired) electrons. The third-order valence-corrected chi connectivity index (χ3v) is 4.93. The molecule has 2 rings (SSSR count). The Hall–Kier alpha value is -1.41. The molecule has 2 atom stereocenters. The molecule has 1 saturated heterocycles. The van der Waals surface area contributed by atoms with Gasteiger partial charge in [-0.25, -0.2) is 17.7 Å². The Balaban J connectivity index is 1.87. The van der Waals surface area contributed by atoms with E-state index < -0.39 is 10.0 Å². The average Bonchev–Trinajstić information content (AvgIpc) is 2.90. The minimum Gasteiger partial charge on any atom is -0.352 e. The van der Waals surface area contributed by atoms with Crippen molar-refractivity contribution in [2.75, 3.05) is 19.3 Å². The third-order valence-electron chi connectivity index (χ3n) is 3.66. The zero-order valence-electron chi connectivity index (χ0n) is 12.4. The Labute approximate surface area is 125 Å². The van der Waals surface area contributed by atoms with E-state index in [9.17, 15) is 13.2 Å². The van der Waals surface area contributed by atoms with Crippen LogP contribution < -0.4 is 5.32 Å². The van der Waals surface area contributed by atoms with Crippen molar-refractivity contribution in [1.29, 1.82) is 0 Å². The number of hydrogen-bond acceptors (Lipinski definition) is 4. The molecule has 1 N–H and O–H groups in total. The molecule has 0 saturated carbocycles. The maximum Gasteiger partial charge on any atom is 0.224 e. The highest BCUT2D eigenvalue weighted by Gasteiger charge is 2.30. The molecule has 0 bridgehead atoms. The summed E-state index contributed by atoms with van der Waals surface area (Å²) in [7, 11) is -3.22. The summed E-state index contributed by atoms with van der Waals surface area (Å²) in [5.74, 6) is -0.338. The number of carbonyl (C=O) groups is 1. The lowest BCUT2D eigenvalue weighted by Gasteiger charge is -2.30. The van der Waals surface area contributed by atoms with Gasteiger partial charge in [0.25, 0.3) is 0 Å². The van der Waals surface area contributed by atoms with Crippen LogP contribution in [0.1, 0.15) is 19.8 Å². The molecule has 2 heterocycles. The third kappa shape index (κ3) is 4.53. The maximum absolute atomic E-state index is 12.3. The Morgan fingerprint density at radius 3 is 2.90 bits per heavy atom. The van der Waals surface area contributed by atoms with Crippen molar-refractivity contribution in [3.8, 4) is 0 Å². The van der Waals surface area contributed by atoms with E-state index >= 15 is 0 Å². The number of piperidine rings is 1. The highest BCUT2D eigenvalue weighted by Crippen LogP contribution is 2.19. The zero-order valence-corrected chi connectivity index (χ0v) is 13.2. The largest absolute Gasteiger partial charge is 0.352 e. The SMILES string of the molecule is C[C@@H](Cn1ccnc1)NC(=O)[C@H]1CCCN(S(C)(=O)=O)C1. The molecule has 7 nitrogen and oxygen atoms in total. The van der Waals surface area contributed by atoms with Gasteiger partial charge in [-0.1, -0.05) is 0 Å². The molecule has 0 aliphatic carbocycles. The summed E-state index contributed by atoms with van der Waals surface area (Å²) < 4.78 is 26.4. The second-order valence-electron chi connectivity index (χ2n) is 5.63. The van der Waals surface area contributed by atoms with Crippen LogP contribution in [0.3, 0.4) is 0 Å². The van der Waals surface area contributed by atoms with E-state index in [2.05, 4.69) is 10.3 Å². The standard InChI is InChI=1S/C13H22N4O3S/c1-11(8-16-7-5-14-10-16)15-13(18)12-4-3-6-17(9-12)21(2,19)20/h5,7,10-12H,3-4,6,8-9H2,1-2H3,(H,15,18)/t11-,12-/m0/s1. The van der Waals surface area contributed by atoms with Gasteiger partial charge in [-0.05, 0) is 19.8 Å². The molecule has 0 unspecified atom stereocenters. The number of rotatable bonds is 5. The molecule has 8 heteroatoms. The van der Waals surface area contributed by atoms with Crippen LogP contribution in [0.5, 0.6) is 0 Å². The molecule has 1 fully saturated rings. The van der Waals surface area contributed by atoms with E-state index in [0.717, 1.165) is 12.8 Å². The second-order valence-corrected chi connectivity index (χ2v) is 7.61. The van der Waals surface area contributed by atoms with Crippen molar-refractivity contribution < 1.29 is 13.2 Å². The van der Waals surface area contributed by atoms with Gasteiger partial charge < -0.3 is 9.88 Å². The number of sulfonamides is 1. The van der Waals surface area contributed by atoms with Crippen LogP contribution in [0.15, 0.2) is 18.7 Å². The number of amides is 1. The maximum atomic E-state index is 12.3. The van der Waals surface area contributed by atoms with Crippen molar-refractivity contribution in [2.45, 2.75) is 32.4 Å². The summed E-state index contributed by atoms with van der Waals surface area (Å²) in [6, 6.07) is -0.0275. The summed E-state index contributed by atoms with van der Waals surface area (Å²) in [4.78, 5) is 16.2. The monoisotopic (exact) mass is 314 g/mol. The molecule has 1 aliphatic rings. The molecular formula is C13H22N4O3S. The summed E-state index contributed by atoms with van der Waals surface area (Å²) in [6.07, 6.45) is 7.88. The Kier molecular flexibility index (Phi) is 5.00. The molecule has 1 aromatic heterocycles. The molecule has 118 valence electrons. The Bertz CT molecular complexity index is 570. The normalized spacial score (nSPS) is 21.9. The summed E-state index contributed by atoms with van der Waals surface area (Å²) in [6.45, 7) is 3.36. The van der Waals surface area contributed by atoms with Gasteiger partial charge in [0.05, 0.1) is 18.5 Å². The molecule has 21 heavy (non-hydrogen) atoms. The smallest absolute Gasteiger partial charge is 0.224 e. The van der Waals surface area contributed by atoms with Gasteiger partial charge in [-0.2, -0.15) is 0 Å². The van der Waals surface area contributed by atoms with Gasteiger partial charge in [0, 0.05) is 38.1 Å². The highest BCUT2D eigenvalue weighted by molar-refractivity contribution is 7.88. The highest BCUT2D eigenvalue weighted by atomic mass is 32.2. The Morgan fingerprint density at radius 1 is 1.52 bits per heavy atom. The number of carbonyl (C=O) groups excluding carboxylic acids is 1. The summed E-state index contributed by atoms with van der Waals surface area (Å²) in [5, 5.41) is 2.95. The van der Waals surface area contributed by atoms with Gasteiger partial charge in [-0.3, -0.25) is 4.79 Å². The fraction of sp³-hybridized carbons (Fsp3) is 0.692. The molecular weight excluding hydrogens is 292 g/mol. The number of hydrogen-bond donors (Lipinski definition) is 1. The van der Waals surface area contributed by atoms with Gasteiger partial charge in [0.15, 0.2) is 0 Å². The number of nitrogens with one attached hydrogen (secondary N) is 1. The molecule has 0 aromatic carbocycles. The van der Waals surface area contributed by atoms with Crippen molar-refractivity contribution in [3.05, 3.63) is 18.7 Å². The first-order valence-electron chi connectivity index (χ1n) is 7.07. The van der Waals surface area contributed by atoms with E-state index in [-0.39, 0.29) is 24.4 Å². The topological polar surface area (TPSA) is 84.3 Å². The van der Waals surface area contributed by atoms with Crippen molar-refractivity contribution >= 4 is 15.9 Å². The lowest BCUT2D eigenvalue weighted by molar-refractivity contribution is -0.126. The van der Waals surface area contributed by atoms with Gasteiger partial charge in [-0.15, -0.1) is 0 Å². The predicted molar refractivity (Wildman–Crippen MR) is 79.0 cm³/mol. The molecule has 1 aliphatic heterocycles. The Morgan fingerprint density at radius 2 is 2.29 bits per heavy atom.